The summed E-state index contributed by atoms with van der Waals surface area (Å²) in [6.07, 6.45) is 1.64. The van der Waals surface area contributed by atoms with Gasteiger partial charge >= 0.3 is 0 Å². The number of ether oxygens (including phenoxy) is 1. The summed E-state index contributed by atoms with van der Waals surface area (Å²) < 4.78 is 20.0. The van der Waals surface area contributed by atoms with Crippen LogP contribution in [-0.4, -0.2) is 60.0 Å². The number of carbonyl (C=O) groups excluding carboxylic acids is 1. The molecule has 1 amide bonds. The Morgan fingerprint density at radius 1 is 1.30 bits per heavy atom. The summed E-state index contributed by atoms with van der Waals surface area (Å²) in [5.74, 6) is -0.567. The first-order chi connectivity index (χ1) is 11.2. The van der Waals surface area contributed by atoms with E-state index in [-0.39, 0.29) is 11.7 Å². The maximum absolute atomic E-state index is 13.2. The molecule has 6 nitrogen and oxygen atoms in total. The summed E-state index contributed by atoms with van der Waals surface area (Å²) in [6.45, 7) is 4.62. The third-order valence-corrected chi connectivity index (χ3v) is 3.71. The molecule has 1 N–H and O–H groups in total. The molecule has 7 heteroatoms. The molecule has 0 unspecified atom stereocenters. The number of hydrogen-bond acceptors (Lipinski definition) is 4. The third kappa shape index (κ3) is 4.14. The first kappa shape index (κ1) is 15.6. The van der Waals surface area contributed by atoms with Crippen molar-refractivity contribution in [1.29, 1.82) is 0 Å². The fourth-order valence-electron chi connectivity index (χ4n) is 2.45. The summed E-state index contributed by atoms with van der Waals surface area (Å²) >= 11 is 0. The van der Waals surface area contributed by atoms with Crippen molar-refractivity contribution in [3.63, 3.8) is 0 Å². The summed E-state index contributed by atoms with van der Waals surface area (Å²) in [4.78, 5) is 14.3. The van der Waals surface area contributed by atoms with Gasteiger partial charge in [0.15, 0.2) is 5.69 Å². The van der Waals surface area contributed by atoms with Gasteiger partial charge in [-0.3, -0.25) is 9.69 Å². The second-order valence-electron chi connectivity index (χ2n) is 5.34. The van der Waals surface area contributed by atoms with Crippen LogP contribution in [0.25, 0.3) is 5.69 Å². The maximum Gasteiger partial charge on any atom is 0.271 e. The minimum absolute atomic E-state index is 0.228. The maximum atomic E-state index is 13.2. The number of rotatable bonds is 5. The van der Waals surface area contributed by atoms with E-state index < -0.39 is 0 Å². The minimum Gasteiger partial charge on any atom is -0.379 e. The van der Waals surface area contributed by atoms with E-state index in [0.29, 0.717) is 17.9 Å². The number of carbonyl (C=O) groups is 1. The lowest BCUT2D eigenvalue weighted by atomic mass is 10.3. The second-order valence-corrected chi connectivity index (χ2v) is 5.34. The van der Waals surface area contributed by atoms with Crippen molar-refractivity contribution in [2.24, 2.45) is 0 Å². The zero-order chi connectivity index (χ0) is 16.1. The molecule has 2 aromatic rings. The molecular weight excluding hydrogens is 299 g/mol. The largest absolute Gasteiger partial charge is 0.379 e. The Morgan fingerprint density at radius 3 is 2.91 bits per heavy atom. The summed E-state index contributed by atoms with van der Waals surface area (Å²) in [5.41, 5.74) is 0.897. The lowest BCUT2D eigenvalue weighted by Crippen LogP contribution is -2.41. The van der Waals surface area contributed by atoms with Crippen molar-refractivity contribution in [3.05, 3.63) is 48.0 Å². The van der Waals surface area contributed by atoms with Crippen LogP contribution in [0.4, 0.5) is 4.39 Å². The number of halogens is 1. The van der Waals surface area contributed by atoms with Gasteiger partial charge in [-0.15, -0.1) is 0 Å². The second kappa shape index (κ2) is 7.34. The third-order valence-electron chi connectivity index (χ3n) is 3.71. The summed E-state index contributed by atoms with van der Waals surface area (Å²) in [6, 6.07) is 7.69. The fraction of sp³-hybridized carbons (Fsp3) is 0.375. The molecule has 3 rings (SSSR count). The molecule has 1 aliphatic heterocycles. The van der Waals surface area contributed by atoms with Gasteiger partial charge in [-0.1, -0.05) is 6.07 Å². The van der Waals surface area contributed by atoms with E-state index in [4.69, 9.17) is 4.74 Å². The minimum atomic E-state index is -0.338. The van der Waals surface area contributed by atoms with Crippen LogP contribution in [0, 0.1) is 5.82 Å². The van der Waals surface area contributed by atoms with Crippen molar-refractivity contribution >= 4 is 5.91 Å². The number of nitrogens with zero attached hydrogens (tertiary/aromatic N) is 3. The molecule has 0 atom stereocenters. The molecule has 122 valence electrons. The van der Waals surface area contributed by atoms with Gasteiger partial charge in [0.1, 0.15) is 5.82 Å². The van der Waals surface area contributed by atoms with E-state index in [1.54, 1.807) is 24.4 Å². The molecule has 23 heavy (non-hydrogen) atoms. The van der Waals surface area contributed by atoms with Crippen LogP contribution in [0.5, 0.6) is 0 Å². The first-order valence-corrected chi connectivity index (χ1v) is 7.62. The molecular formula is C16H19FN4O2. The number of benzene rings is 1. The van der Waals surface area contributed by atoms with Gasteiger partial charge in [-0.2, -0.15) is 5.10 Å². The summed E-state index contributed by atoms with van der Waals surface area (Å²) in [7, 11) is 0. The van der Waals surface area contributed by atoms with Crippen molar-refractivity contribution < 1.29 is 13.9 Å². The van der Waals surface area contributed by atoms with E-state index in [9.17, 15) is 9.18 Å². The van der Waals surface area contributed by atoms with Gasteiger partial charge in [0.25, 0.3) is 5.91 Å². The lowest BCUT2D eigenvalue weighted by molar-refractivity contribution is 0.0383. The normalized spacial score (nSPS) is 15.5. The lowest BCUT2D eigenvalue weighted by Gasteiger charge is -2.26. The van der Waals surface area contributed by atoms with Crippen LogP contribution in [0.15, 0.2) is 36.5 Å². The molecule has 0 saturated carbocycles. The molecule has 1 saturated heterocycles. The van der Waals surface area contributed by atoms with Crippen molar-refractivity contribution in [2.75, 3.05) is 39.4 Å². The van der Waals surface area contributed by atoms with E-state index in [0.717, 1.165) is 32.8 Å². The van der Waals surface area contributed by atoms with Gasteiger partial charge < -0.3 is 10.1 Å². The Hall–Kier alpha value is -2.25. The number of hydrogen-bond donors (Lipinski definition) is 1. The van der Waals surface area contributed by atoms with Gasteiger partial charge in [0.2, 0.25) is 0 Å². The molecule has 0 radical (unpaired) electrons. The van der Waals surface area contributed by atoms with Crippen LogP contribution < -0.4 is 5.32 Å². The van der Waals surface area contributed by atoms with Crippen LogP contribution in [0.3, 0.4) is 0 Å². The molecule has 1 aromatic carbocycles. The monoisotopic (exact) mass is 318 g/mol. The van der Waals surface area contributed by atoms with Crippen LogP contribution in [0.1, 0.15) is 10.5 Å². The predicted molar refractivity (Wildman–Crippen MR) is 83.1 cm³/mol. The van der Waals surface area contributed by atoms with Crippen molar-refractivity contribution in [2.45, 2.75) is 0 Å². The standard InChI is InChI=1S/C16H19FN4O2/c17-13-2-1-3-14(12-13)21-6-4-15(19-21)16(22)18-5-7-20-8-10-23-11-9-20/h1-4,6,12H,5,7-11H2,(H,18,22). The predicted octanol–water partition coefficient (Wildman–Crippen LogP) is 1.07. The Balaban J connectivity index is 1.54. The molecule has 1 aliphatic rings. The zero-order valence-corrected chi connectivity index (χ0v) is 12.7. The quantitative estimate of drug-likeness (QED) is 0.896. The van der Waals surface area contributed by atoms with Crippen LogP contribution >= 0.6 is 0 Å². The fourth-order valence-corrected chi connectivity index (χ4v) is 2.45. The smallest absolute Gasteiger partial charge is 0.271 e. The number of nitrogens with one attached hydrogen (secondary N) is 1. The van der Waals surface area contributed by atoms with Crippen LogP contribution in [0.2, 0.25) is 0 Å². The van der Waals surface area contributed by atoms with Crippen molar-refractivity contribution in [1.82, 2.24) is 20.0 Å². The van der Waals surface area contributed by atoms with Gasteiger partial charge in [0, 0.05) is 32.4 Å². The van der Waals surface area contributed by atoms with Gasteiger partial charge in [-0.25, -0.2) is 9.07 Å². The molecule has 0 spiro atoms. The summed E-state index contributed by atoms with van der Waals surface area (Å²) in [5, 5.41) is 7.04. The number of morpholine rings is 1. The SMILES string of the molecule is O=C(NCCN1CCOCC1)c1ccn(-c2cccc(F)c2)n1. The van der Waals surface area contributed by atoms with Gasteiger partial charge in [0.05, 0.1) is 18.9 Å². The molecule has 2 heterocycles. The highest BCUT2D eigenvalue weighted by Crippen LogP contribution is 2.09. The molecule has 1 fully saturated rings. The zero-order valence-electron chi connectivity index (χ0n) is 12.7. The Bertz CT molecular complexity index is 668. The van der Waals surface area contributed by atoms with Crippen LogP contribution in [-0.2, 0) is 4.74 Å². The Morgan fingerprint density at radius 2 is 2.13 bits per heavy atom. The van der Waals surface area contributed by atoms with E-state index in [1.165, 1.54) is 16.8 Å². The average Bonchev–Trinajstić information content (AvgIpc) is 3.06. The highest BCUT2D eigenvalue weighted by molar-refractivity contribution is 5.92. The molecule has 1 aromatic heterocycles. The van der Waals surface area contributed by atoms with E-state index >= 15 is 0 Å². The Labute approximate surface area is 133 Å². The Kier molecular flexibility index (Phi) is 4.99. The van der Waals surface area contributed by atoms with Crippen molar-refractivity contribution in [3.8, 4) is 5.69 Å². The highest BCUT2D eigenvalue weighted by Gasteiger charge is 2.12. The average molecular weight is 318 g/mol. The molecule has 0 aliphatic carbocycles. The number of aromatic nitrogens is 2. The van der Waals surface area contributed by atoms with E-state index in [2.05, 4.69) is 15.3 Å². The first-order valence-electron chi connectivity index (χ1n) is 7.62. The number of amides is 1. The van der Waals surface area contributed by atoms with E-state index in [1.807, 2.05) is 0 Å². The molecule has 0 bridgehead atoms. The highest BCUT2D eigenvalue weighted by atomic mass is 19.1. The van der Waals surface area contributed by atoms with Gasteiger partial charge in [-0.05, 0) is 24.3 Å². The topological polar surface area (TPSA) is 59.4 Å².